The molecule has 2 rings (SSSR count). The Balaban J connectivity index is 2.11. The number of carbonyl (C=O) groups is 1. The molecular weight excluding hydrogens is 380 g/mol. The van der Waals surface area contributed by atoms with E-state index in [2.05, 4.69) is 15.9 Å². The number of hydrogen-bond donors (Lipinski definition) is 0. The maximum absolute atomic E-state index is 12.7. The largest absolute Gasteiger partial charge is 0.340 e. The summed E-state index contributed by atoms with van der Waals surface area (Å²) in [5.74, 6) is -0.0250. The molecule has 1 aliphatic heterocycles. The zero-order valence-electron chi connectivity index (χ0n) is 13.5. The molecule has 1 aromatic carbocycles. The minimum Gasteiger partial charge on any atom is -0.340 e. The molecular formula is C16H23BrN2O3S. The van der Waals surface area contributed by atoms with Gasteiger partial charge < -0.3 is 4.90 Å². The number of sulfonamides is 1. The van der Waals surface area contributed by atoms with Crippen molar-refractivity contribution >= 4 is 31.9 Å². The van der Waals surface area contributed by atoms with E-state index >= 15 is 0 Å². The fourth-order valence-electron chi connectivity index (χ4n) is 2.91. The van der Waals surface area contributed by atoms with Gasteiger partial charge in [-0.05, 0) is 30.9 Å². The van der Waals surface area contributed by atoms with Gasteiger partial charge in [-0.1, -0.05) is 41.1 Å². The number of nitrogens with zero attached hydrogens (tertiary/aromatic N) is 2. The van der Waals surface area contributed by atoms with E-state index in [1.165, 1.54) is 4.31 Å². The molecule has 1 heterocycles. The molecule has 0 N–H and O–H groups in total. The third kappa shape index (κ3) is 4.33. The van der Waals surface area contributed by atoms with Gasteiger partial charge in [-0.3, -0.25) is 4.79 Å². The van der Waals surface area contributed by atoms with Gasteiger partial charge in [0.05, 0.1) is 5.75 Å². The first-order valence-corrected chi connectivity index (χ1v) is 10.2. The number of benzene rings is 1. The Bertz CT molecular complexity index is 663. The van der Waals surface area contributed by atoms with Crippen molar-refractivity contribution in [3.8, 4) is 0 Å². The van der Waals surface area contributed by atoms with Crippen molar-refractivity contribution in [2.75, 3.05) is 19.3 Å². The summed E-state index contributed by atoms with van der Waals surface area (Å²) in [6, 6.07) is 7.17. The Morgan fingerprint density at radius 2 is 2.09 bits per heavy atom. The van der Waals surface area contributed by atoms with Crippen LogP contribution < -0.4 is 0 Å². The summed E-state index contributed by atoms with van der Waals surface area (Å²) in [6.07, 6.45) is 1.90. The first kappa shape index (κ1) is 18.4. The van der Waals surface area contributed by atoms with E-state index in [4.69, 9.17) is 0 Å². The Morgan fingerprint density at radius 1 is 1.39 bits per heavy atom. The third-order valence-corrected chi connectivity index (χ3v) is 6.90. The molecule has 0 aliphatic carbocycles. The van der Waals surface area contributed by atoms with Crippen LogP contribution in [0.3, 0.4) is 0 Å². The van der Waals surface area contributed by atoms with Crippen LogP contribution in [0, 0.1) is 0 Å². The summed E-state index contributed by atoms with van der Waals surface area (Å²) in [7, 11) is -1.62. The van der Waals surface area contributed by atoms with Crippen molar-refractivity contribution in [3.63, 3.8) is 0 Å². The standard InChI is InChI=1S/C16H23BrN2O3S/c1-3-11-23(21,22)19-10-6-9-15(19)16(20)18(2)12-13-7-4-5-8-14(13)17/h4-5,7-8,15H,3,6,9-12H2,1-2H3. The summed E-state index contributed by atoms with van der Waals surface area (Å²) in [5.41, 5.74) is 1.00. The average Bonchev–Trinajstić information content (AvgIpc) is 2.99. The van der Waals surface area contributed by atoms with Crippen molar-refractivity contribution in [1.82, 2.24) is 9.21 Å². The number of rotatable bonds is 6. The van der Waals surface area contributed by atoms with Gasteiger partial charge in [0.2, 0.25) is 15.9 Å². The first-order chi connectivity index (χ1) is 10.9. The smallest absolute Gasteiger partial charge is 0.241 e. The molecule has 1 atom stereocenters. The molecule has 1 aromatic rings. The van der Waals surface area contributed by atoms with E-state index in [1.54, 1.807) is 11.9 Å². The van der Waals surface area contributed by atoms with Crippen LogP contribution in [0.5, 0.6) is 0 Å². The summed E-state index contributed by atoms with van der Waals surface area (Å²) in [5, 5.41) is 0. The summed E-state index contributed by atoms with van der Waals surface area (Å²) >= 11 is 3.48. The molecule has 0 spiro atoms. The Kier molecular flexibility index (Phi) is 6.22. The van der Waals surface area contributed by atoms with Crippen LogP contribution in [0.2, 0.25) is 0 Å². The third-order valence-electron chi connectivity index (χ3n) is 4.05. The van der Waals surface area contributed by atoms with E-state index < -0.39 is 16.1 Å². The highest BCUT2D eigenvalue weighted by Crippen LogP contribution is 2.24. The zero-order chi connectivity index (χ0) is 17.0. The topological polar surface area (TPSA) is 57.7 Å². The minimum atomic E-state index is -3.34. The van der Waals surface area contributed by atoms with Crippen molar-refractivity contribution in [2.45, 2.75) is 38.8 Å². The highest BCUT2D eigenvalue weighted by molar-refractivity contribution is 9.10. The van der Waals surface area contributed by atoms with Gasteiger partial charge in [0, 0.05) is 24.6 Å². The van der Waals surface area contributed by atoms with Crippen molar-refractivity contribution in [3.05, 3.63) is 34.3 Å². The predicted molar refractivity (Wildman–Crippen MR) is 94.4 cm³/mol. The van der Waals surface area contributed by atoms with Crippen LogP contribution >= 0.6 is 15.9 Å². The number of amides is 1. The fourth-order valence-corrected chi connectivity index (χ4v) is 5.06. The Hall–Kier alpha value is -0.920. The quantitative estimate of drug-likeness (QED) is 0.734. The molecule has 7 heteroatoms. The molecule has 1 fully saturated rings. The van der Waals surface area contributed by atoms with Crippen LogP contribution in [0.15, 0.2) is 28.7 Å². The summed E-state index contributed by atoms with van der Waals surface area (Å²) in [4.78, 5) is 14.3. The lowest BCUT2D eigenvalue weighted by Crippen LogP contribution is -2.46. The number of halogens is 1. The predicted octanol–water partition coefficient (Wildman–Crippen LogP) is 2.61. The minimum absolute atomic E-state index is 0.102. The van der Waals surface area contributed by atoms with Crippen LogP contribution in [0.4, 0.5) is 0 Å². The molecule has 1 unspecified atom stereocenters. The number of hydrogen-bond acceptors (Lipinski definition) is 3. The highest BCUT2D eigenvalue weighted by atomic mass is 79.9. The number of carbonyl (C=O) groups excluding carboxylic acids is 1. The zero-order valence-corrected chi connectivity index (χ0v) is 15.9. The Morgan fingerprint density at radius 3 is 2.74 bits per heavy atom. The molecule has 5 nitrogen and oxygen atoms in total. The van der Waals surface area contributed by atoms with Gasteiger partial charge in [-0.2, -0.15) is 4.31 Å². The van der Waals surface area contributed by atoms with Crippen molar-refractivity contribution in [2.24, 2.45) is 0 Å². The Labute approximate surface area is 146 Å². The highest BCUT2D eigenvalue weighted by Gasteiger charge is 2.39. The molecule has 0 aromatic heterocycles. The summed E-state index contributed by atoms with van der Waals surface area (Å²) in [6.45, 7) is 2.74. The monoisotopic (exact) mass is 402 g/mol. The van der Waals surface area contributed by atoms with Gasteiger partial charge in [0.15, 0.2) is 0 Å². The van der Waals surface area contributed by atoms with Gasteiger partial charge in [0.25, 0.3) is 0 Å². The second kappa shape index (κ2) is 7.77. The van der Waals surface area contributed by atoms with Crippen LogP contribution in [0.1, 0.15) is 31.7 Å². The van der Waals surface area contributed by atoms with Gasteiger partial charge in [-0.25, -0.2) is 8.42 Å². The van der Waals surface area contributed by atoms with Gasteiger partial charge in [-0.15, -0.1) is 0 Å². The van der Waals surface area contributed by atoms with E-state index in [0.717, 1.165) is 16.5 Å². The average molecular weight is 403 g/mol. The molecule has 128 valence electrons. The molecule has 1 saturated heterocycles. The van der Waals surface area contributed by atoms with Crippen LogP contribution in [-0.4, -0.2) is 48.9 Å². The van der Waals surface area contributed by atoms with Crippen molar-refractivity contribution < 1.29 is 13.2 Å². The molecule has 23 heavy (non-hydrogen) atoms. The van der Waals surface area contributed by atoms with E-state index in [9.17, 15) is 13.2 Å². The molecule has 1 amide bonds. The maximum atomic E-state index is 12.7. The van der Waals surface area contributed by atoms with E-state index in [0.29, 0.717) is 25.9 Å². The maximum Gasteiger partial charge on any atom is 0.241 e. The molecule has 1 aliphatic rings. The fraction of sp³-hybridized carbons (Fsp3) is 0.562. The molecule has 0 bridgehead atoms. The molecule has 0 radical (unpaired) electrons. The second-order valence-electron chi connectivity index (χ2n) is 5.87. The SMILES string of the molecule is CCCS(=O)(=O)N1CCCC1C(=O)N(C)Cc1ccccc1Br. The molecule has 0 saturated carbocycles. The van der Waals surface area contributed by atoms with Crippen LogP contribution in [-0.2, 0) is 21.4 Å². The first-order valence-electron chi connectivity index (χ1n) is 7.84. The van der Waals surface area contributed by atoms with Gasteiger partial charge >= 0.3 is 0 Å². The van der Waals surface area contributed by atoms with E-state index in [-0.39, 0.29) is 11.7 Å². The van der Waals surface area contributed by atoms with Crippen molar-refractivity contribution in [1.29, 1.82) is 0 Å². The summed E-state index contributed by atoms with van der Waals surface area (Å²) < 4.78 is 27.0. The lowest BCUT2D eigenvalue weighted by atomic mass is 10.1. The number of likely N-dealkylation sites (N-methyl/N-ethyl adjacent to an activating group) is 1. The van der Waals surface area contributed by atoms with Gasteiger partial charge in [0.1, 0.15) is 6.04 Å². The second-order valence-corrected chi connectivity index (χ2v) is 8.77. The normalized spacial score (nSPS) is 19.0. The lowest BCUT2D eigenvalue weighted by molar-refractivity contribution is -0.133. The lowest BCUT2D eigenvalue weighted by Gasteiger charge is -2.27. The van der Waals surface area contributed by atoms with E-state index in [1.807, 2.05) is 31.2 Å². The van der Waals surface area contributed by atoms with Crippen LogP contribution in [0.25, 0.3) is 0 Å².